The quantitative estimate of drug-likeness (QED) is 0.478. The predicted octanol–water partition coefficient (Wildman–Crippen LogP) is 5.60. The van der Waals surface area contributed by atoms with E-state index in [0.29, 0.717) is 11.3 Å². The van der Waals surface area contributed by atoms with Crippen LogP contribution in [0.2, 0.25) is 0 Å². The van der Waals surface area contributed by atoms with Gasteiger partial charge in [0.05, 0.1) is 24.7 Å². The van der Waals surface area contributed by atoms with Crippen molar-refractivity contribution in [3.8, 4) is 5.75 Å². The van der Waals surface area contributed by atoms with Crippen LogP contribution >= 0.6 is 0 Å². The largest absolute Gasteiger partial charge is 0.491 e. The van der Waals surface area contributed by atoms with Crippen molar-refractivity contribution in [1.29, 1.82) is 0 Å². The fourth-order valence-electron chi connectivity index (χ4n) is 3.58. The van der Waals surface area contributed by atoms with Gasteiger partial charge in [-0.05, 0) is 44.2 Å². The van der Waals surface area contributed by atoms with Crippen molar-refractivity contribution in [1.82, 2.24) is 14.6 Å². The summed E-state index contributed by atoms with van der Waals surface area (Å²) in [6.07, 6.45) is 1.38. The minimum Gasteiger partial charge on any atom is -0.491 e. The lowest BCUT2D eigenvalue weighted by Gasteiger charge is -2.30. The normalized spacial score (nSPS) is 17.5. The maximum atomic E-state index is 13.9. The molecule has 34 heavy (non-hydrogen) atoms. The number of ether oxygens (including phenoxy) is 1. The third-order valence-electron chi connectivity index (χ3n) is 4.96. The Kier molecular flexibility index (Phi) is 6.16. The molecule has 2 aromatic heterocycles. The van der Waals surface area contributed by atoms with E-state index in [9.17, 15) is 18.0 Å². The van der Waals surface area contributed by atoms with Gasteiger partial charge in [-0.3, -0.25) is 9.78 Å². The molecule has 0 radical (unpaired) electrons. The average molecular weight is 468 g/mol. The van der Waals surface area contributed by atoms with Crippen molar-refractivity contribution in [2.24, 2.45) is 5.10 Å². The molecule has 1 N–H and O–H groups in total. The standard InChI is InChI=1S/C24H20F3N5O2/c1-16(2)34-20-7-3-5-17(13-20)23(33)31-22-9-8-19(15-29-22)32(18-6-4-11-28-14-18)21(10-12-30-32)24(25,26)27/h3-16H,1-2H3/p+1. The summed E-state index contributed by atoms with van der Waals surface area (Å²) in [7, 11) is 0. The number of rotatable bonds is 6. The lowest BCUT2D eigenvalue weighted by atomic mass is 10.2. The zero-order valence-corrected chi connectivity index (χ0v) is 18.3. The summed E-state index contributed by atoms with van der Waals surface area (Å²) in [5.41, 5.74) is -0.216. The molecule has 1 amide bonds. The number of benzene rings is 1. The van der Waals surface area contributed by atoms with Crippen LogP contribution in [0.15, 0.2) is 84.0 Å². The average Bonchev–Trinajstić information content (AvgIpc) is 3.27. The Morgan fingerprint density at radius 1 is 1.06 bits per heavy atom. The van der Waals surface area contributed by atoms with Crippen molar-refractivity contribution in [2.45, 2.75) is 26.1 Å². The van der Waals surface area contributed by atoms with E-state index in [1.807, 2.05) is 13.8 Å². The summed E-state index contributed by atoms with van der Waals surface area (Å²) in [5.74, 6) is 0.293. The van der Waals surface area contributed by atoms with Crippen molar-refractivity contribution >= 4 is 29.3 Å². The van der Waals surface area contributed by atoms with Gasteiger partial charge in [-0.2, -0.15) is 13.2 Å². The van der Waals surface area contributed by atoms with Crippen LogP contribution in [0.1, 0.15) is 24.2 Å². The molecule has 174 valence electrons. The van der Waals surface area contributed by atoms with Crippen molar-refractivity contribution in [3.05, 3.63) is 84.5 Å². The molecule has 3 aromatic rings. The van der Waals surface area contributed by atoms with E-state index in [4.69, 9.17) is 4.74 Å². The van der Waals surface area contributed by atoms with Gasteiger partial charge < -0.3 is 10.1 Å². The lowest BCUT2D eigenvalue weighted by Crippen LogP contribution is -2.41. The third-order valence-corrected chi connectivity index (χ3v) is 4.96. The number of amides is 1. The van der Waals surface area contributed by atoms with Gasteiger partial charge in [-0.1, -0.05) is 15.8 Å². The number of quaternary nitrogens is 1. The van der Waals surface area contributed by atoms with E-state index >= 15 is 0 Å². The highest BCUT2D eigenvalue weighted by Gasteiger charge is 2.55. The molecule has 3 heterocycles. The van der Waals surface area contributed by atoms with E-state index in [1.54, 1.807) is 24.3 Å². The van der Waals surface area contributed by atoms with Crippen LogP contribution in [-0.4, -0.2) is 34.4 Å². The Morgan fingerprint density at radius 2 is 1.85 bits per heavy atom. The predicted molar refractivity (Wildman–Crippen MR) is 123 cm³/mol. The Hall–Kier alpha value is -4.05. The first-order valence-electron chi connectivity index (χ1n) is 10.4. The number of carbonyl (C=O) groups is 1. The molecule has 1 atom stereocenters. The highest BCUT2D eigenvalue weighted by Crippen LogP contribution is 2.47. The number of anilines is 1. The van der Waals surface area contributed by atoms with Crippen LogP contribution in [0, 0.1) is 0 Å². The Balaban J connectivity index is 1.63. The number of hydrogen-bond donors (Lipinski definition) is 1. The molecule has 1 aromatic carbocycles. The van der Waals surface area contributed by atoms with Crippen molar-refractivity contribution in [2.75, 3.05) is 5.32 Å². The summed E-state index contributed by atoms with van der Waals surface area (Å²) in [5, 5.41) is 6.80. The minimum atomic E-state index is -4.65. The first kappa shape index (κ1) is 23.1. The van der Waals surface area contributed by atoms with Crippen LogP contribution in [-0.2, 0) is 0 Å². The number of carbonyl (C=O) groups excluding carboxylic acids is 1. The number of nitrogens with one attached hydrogen (secondary N) is 1. The SMILES string of the molecule is CC(C)Oc1cccc(C(=O)Nc2ccc([N+]3(c4cccnc4)N=CC=C3C(F)(F)F)cn2)c1. The molecule has 0 saturated carbocycles. The number of halogens is 3. The molecule has 10 heteroatoms. The molecular weight excluding hydrogens is 447 g/mol. The second-order valence-corrected chi connectivity index (χ2v) is 7.71. The van der Waals surface area contributed by atoms with E-state index in [0.717, 1.165) is 12.3 Å². The molecule has 1 unspecified atom stereocenters. The van der Waals surface area contributed by atoms with Gasteiger partial charge in [0.2, 0.25) is 0 Å². The topological polar surface area (TPSA) is 76.5 Å². The monoisotopic (exact) mass is 468 g/mol. The van der Waals surface area contributed by atoms with E-state index in [1.165, 1.54) is 42.9 Å². The molecule has 1 aliphatic heterocycles. The molecule has 1 aliphatic rings. The highest BCUT2D eigenvalue weighted by atomic mass is 19.4. The fourth-order valence-corrected chi connectivity index (χ4v) is 3.58. The summed E-state index contributed by atoms with van der Waals surface area (Å²) in [6.45, 7) is 3.76. The lowest BCUT2D eigenvalue weighted by molar-refractivity contribution is -0.105. The smallest absolute Gasteiger partial charge is 0.470 e. The van der Waals surface area contributed by atoms with Crippen molar-refractivity contribution < 1.29 is 22.7 Å². The zero-order valence-electron chi connectivity index (χ0n) is 18.3. The van der Waals surface area contributed by atoms with Crippen LogP contribution in [0.5, 0.6) is 5.75 Å². The van der Waals surface area contributed by atoms with Crippen molar-refractivity contribution in [3.63, 3.8) is 0 Å². The summed E-state index contributed by atoms with van der Waals surface area (Å²) < 4.78 is 46.4. The Bertz CT molecular complexity index is 1240. The second-order valence-electron chi connectivity index (χ2n) is 7.71. The molecule has 7 nitrogen and oxygen atoms in total. The van der Waals surface area contributed by atoms with Crippen LogP contribution in [0.4, 0.5) is 30.4 Å². The van der Waals surface area contributed by atoms with E-state index in [-0.39, 0.29) is 23.3 Å². The van der Waals surface area contributed by atoms with Gasteiger partial charge in [0.25, 0.3) is 11.6 Å². The van der Waals surface area contributed by atoms with E-state index in [2.05, 4.69) is 20.4 Å². The number of pyridine rings is 2. The summed E-state index contributed by atoms with van der Waals surface area (Å²) >= 11 is 0. The van der Waals surface area contributed by atoms with Gasteiger partial charge in [-0.25, -0.2) is 4.98 Å². The number of aromatic nitrogens is 2. The fraction of sp³-hybridized carbons (Fsp3) is 0.167. The second kappa shape index (κ2) is 9.06. The van der Waals surface area contributed by atoms with Gasteiger partial charge in [0, 0.05) is 30.0 Å². The first-order chi connectivity index (χ1) is 16.2. The molecule has 0 saturated heterocycles. The molecule has 0 aliphatic carbocycles. The van der Waals surface area contributed by atoms with Crippen LogP contribution in [0.25, 0.3) is 0 Å². The van der Waals surface area contributed by atoms with Crippen LogP contribution < -0.4 is 14.6 Å². The zero-order chi connectivity index (χ0) is 24.3. The van der Waals surface area contributed by atoms with Gasteiger partial charge >= 0.3 is 6.18 Å². The molecule has 0 bridgehead atoms. The van der Waals surface area contributed by atoms with E-state index < -0.39 is 22.4 Å². The summed E-state index contributed by atoms with van der Waals surface area (Å²) in [4.78, 5) is 20.8. The Morgan fingerprint density at radius 3 is 2.50 bits per heavy atom. The maximum Gasteiger partial charge on any atom is 0.470 e. The van der Waals surface area contributed by atoms with Crippen LogP contribution in [0.3, 0.4) is 0 Å². The number of nitrogens with zero attached hydrogens (tertiary/aromatic N) is 4. The molecular formula is C24H21F3N5O2+. The molecule has 0 spiro atoms. The summed E-state index contributed by atoms with van der Waals surface area (Å²) in [6, 6.07) is 12.6. The number of alkyl halides is 3. The highest BCUT2D eigenvalue weighted by molar-refractivity contribution is 6.04. The Labute approximate surface area is 193 Å². The number of allylic oxidation sites excluding steroid dienone is 2. The molecule has 4 rings (SSSR count). The minimum absolute atomic E-state index is 0.0494. The number of hydrogen-bond acceptors (Lipinski definition) is 5. The third kappa shape index (κ3) is 4.53. The first-order valence-corrected chi connectivity index (χ1v) is 10.4. The molecule has 0 fully saturated rings. The van der Waals surface area contributed by atoms with Gasteiger partial charge in [0.1, 0.15) is 11.6 Å². The van der Waals surface area contributed by atoms with Gasteiger partial charge in [-0.15, -0.1) is 0 Å². The maximum absolute atomic E-state index is 13.9. The van der Waals surface area contributed by atoms with Gasteiger partial charge in [0.15, 0.2) is 11.4 Å².